The van der Waals surface area contributed by atoms with Gasteiger partial charge in [0.15, 0.2) is 5.69 Å². The number of methoxy groups -OCH3 is 1. The van der Waals surface area contributed by atoms with E-state index in [1.807, 2.05) is 23.9 Å². The molecule has 3 aromatic rings. The Kier molecular flexibility index (Phi) is 6.09. The number of thioether (sulfide) groups is 1. The van der Waals surface area contributed by atoms with Gasteiger partial charge in [-0.1, -0.05) is 19.1 Å². The molecular formula is C21H23BrN2OS. The second-order valence-corrected chi connectivity index (χ2v) is 7.33. The van der Waals surface area contributed by atoms with E-state index in [1.165, 1.54) is 39.8 Å². The van der Waals surface area contributed by atoms with E-state index in [9.17, 15) is 0 Å². The first-order valence-corrected chi connectivity index (χ1v) is 9.80. The van der Waals surface area contributed by atoms with Crippen LogP contribution in [-0.4, -0.2) is 17.4 Å². The van der Waals surface area contributed by atoms with Crippen molar-refractivity contribution < 1.29 is 26.3 Å². The maximum absolute atomic E-state index is 5.30. The van der Waals surface area contributed by atoms with Crippen molar-refractivity contribution in [2.45, 2.75) is 31.5 Å². The molecular weight excluding hydrogens is 408 g/mol. The van der Waals surface area contributed by atoms with E-state index in [1.54, 1.807) is 7.11 Å². The number of ether oxygens (including phenoxy) is 1. The molecule has 0 saturated heterocycles. The standard InChI is InChI=1S/C21H23N2OS.BrH/c1-3-16-5-9-18(10-6-16)23-15-20(22-13-4-14-25-21(22)23)17-7-11-19(24-2)12-8-17;/h5-12,15H,3-4,13-14H2,1-2H3;1H/q+1;/p-1. The average Bonchev–Trinajstić information content (AvgIpc) is 3.08. The van der Waals surface area contributed by atoms with Crippen molar-refractivity contribution in [3.05, 3.63) is 60.3 Å². The number of aryl methyl sites for hydroxylation is 1. The summed E-state index contributed by atoms with van der Waals surface area (Å²) < 4.78 is 10.1. The van der Waals surface area contributed by atoms with Gasteiger partial charge in [0, 0.05) is 11.3 Å². The topological polar surface area (TPSA) is 18.0 Å². The number of nitrogens with zero attached hydrogens (tertiary/aromatic N) is 2. The van der Waals surface area contributed by atoms with Crippen LogP contribution in [0.1, 0.15) is 18.9 Å². The van der Waals surface area contributed by atoms with Crippen LogP contribution in [0.4, 0.5) is 0 Å². The third kappa shape index (κ3) is 3.55. The number of hydrogen-bond donors (Lipinski definition) is 0. The molecule has 1 aromatic heterocycles. The molecule has 1 aliphatic rings. The molecule has 0 N–H and O–H groups in total. The predicted molar refractivity (Wildman–Crippen MR) is 103 cm³/mol. The summed E-state index contributed by atoms with van der Waals surface area (Å²) in [6.45, 7) is 3.27. The molecule has 2 aromatic carbocycles. The first-order valence-electron chi connectivity index (χ1n) is 8.82. The summed E-state index contributed by atoms with van der Waals surface area (Å²) in [5, 5.41) is 1.32. The number of benzene rings is 2. The van der Waals surface area contributed by atoms with E-state index in [-0.39, 0.29) is 17.0 Å². The first-order chi connectivity index (χ1) is 12.3. The zero-order valence-corrected chi connectivity index (χ0v) is 17.5. The van der Waals surface area contributed by atoms with Gasteiger partial charge in [0.1, 0.15) is 17.6 Å². The largest absolute Gasteiger partial charge is 1.00 e. The maximum Gasteiger partial charge on any atom is 0.323 e. The smallest absolute Gasteiger partial charge is 0.323 e. The number of aromatic nitrogens is 2. The summed E-state index contributed by atoms with van der Waals surface area (Å²) in [5.41, 5.74) is 5.11. The van der Waals surface area contributed by atoms with Crippen molar-refractivity contribution in [2.75, 3.05) is 12.9 Å². The molecule has 2 heterocycles. The lowest BCUT2D eigenvalue weighted by Gasteiger charge is -2.11. The summed E-state index contributed by atoms with van der Waals surface area (Å²) in [6, 6.07) is 17.3. The summed E-state index contributed by atoms with van der Waals surface area (Å²) in [5.74, 6) is 2.07. The minimum atomic E-state index is 0. The average molecular weight is 431 g/mol. The lowest BCUT2D eigenvalue weighted by Crippen LogP contribution is -3.00. The SMILES string of the molecule is CCc1ccc(-n2cc(-c3ccc(OC)cc3)[n+]3c2SCCC3)cc1.[Br-]. The van der Waals surface area contributed by atoms with Gasteiger partial charge < -0.3 is 21.7 Å². The van der Waals surface area contributed by atoms with Gasteiger partial charge in [-0.2, -0.15) is 4.57 Å². The second kappa shape index (κ2) is 8.31. The lowest BCUT2D eigenvalue weighted by molar-refractivity contribution is -0.724. The highest BCUT2D eigenvalue weighted by Crippen LogP contribution is 2.29. The van der Waals surface area contributed by atoms with Gasteiger partial charge in [0.2, 0.25) is 0 Å². The highest BCUT2D eigenvalue weighted by Gasteiger charge is 2.28. The number of halogens is 1. The van der Waals surface area contributed by atoms with Crippen LogP contribution in [-0.2, 0) is 13.0 Å². The van der Waals surface area contributed by atoms with Crippen molar-refractivity contribution in [3.63, 3.8) is 0 Å². The van der Waals surface area contributed by atoms with Crippen LogP contribution in [0.2, 0.25) is 0 Å². The van der Waals surface area contributed by atoms with E-state index in [0.717, 1.165) is 18.7 Å². The normalized spacial score (nSPS) is 13.0. The minimum absolute atomic E-state index is 0. The Balaban J connectivity index is 0.00000196. The molecule has 0 unspecified atom stereocenters. The molecule has 0 aliphatic carbocycles. The van der Waals surface area contributed by atoms with E-state index in [4.69, 9.17) is 4.74 Å². The zero-order chi connectivity index (χ0) is 17.2. The van der Waals surface area contributed by atoms with E-state index < -0.39 is 0 Å². The molecule has 5 heteroatoms. The molecule has 26 heavy (non-hydrogen) atoms. The van der Waals surface area contributed by atoms with Crippen molar-refractivity contribution in [3.8, 4) is 22.7 Å². The van der Waals surface area contributed by atoms with Crippen molar-refractivity contribution >= 4 is 11.8 Å². The van der Waals surface area contributed by atoms with Gasteiger partial charge in [-0.25, -0.2) is 4.57 Å². The Hall–Kier alpha value is -1.72. The molecule has 1 aliphatic heterocycles. The highest BCUT2D eigenvalue weighted by molar-refractivity contribution is 7.99. The lowest BCUT2D eigenvalue weighted by atomic mass is 10.1. The molecule has 0 fully saturated rings. The Morgan fingerprint density at radius 3 is 2.46 bits per heavy atom. The van der Waals surface area contributed by atoms with Gasteiger partial charge in [0.05, 0.1) is 13.7 Å². The number of hydrogen-bond acceptors (Lipinski definition) is 2. The summed E-state index contributed by atoms with van der Waals surface area (Å²) in [7, 11) is 1.71. The molecule has 3 nitrogen and oxygen atoms in total. The molecule has 4 rings (SSSR count). The van der Waals surface area contributed by atoms with Crippen LogP contribution >= 0.6 is 11.8 Å². The summed E-state index contributed by atoms with van der Waals surface area (Å²) in [4.78, 5) is 0. The first kappa shape index (κ1) is 19.1. The Labute approximate surface area is 169 Å². The monoisotopic (exact) mass is 430 g/mol. The van der Waals surface area contributed by atoms with Crippen LogP contribution in [0, 0.1) is 0 Å². The molecule has 0 radical (unpaired) electrons. The molecule has 136 valence electrons. The van der Waals surface area contributed by atoms with Gasteiger partial charge >= 0.3 is 5.16 Å². The fraction of sp³-hybridized carbons (Fsp3) is 0.286. The quantitative estimate of drug-likeness (QED) is 0.583. The fourth-order valence-corrected chi connectivity index (χ4v) is 4.40. The van der Waals surface area contributed by atoms with Crippen molar-refractivity contribution in [1.82, 2.24) is 4.57 Å². The van der Waals surface area contributed by atoms with Crippen LogP contribution < -0.4 is 26.3 Å². The van der Waals surface area contributed by atoms with Gasteiger partial charge in [-0.05, 0) is 66.6 Å². The maximum atomic E-state index is 5.30. The third-order valence-electron chi connectivity index (χ3n) is 4.74. The van der Waals surface area contributed by atoms with Crippen LogP contribution in [0.15, 0.2) is 59.9 Å². The summed E-state index contributed by atoms with van der Waals surface area (Å²) >= 11 is 1.94. The van der Waals surface area contributed by atoms with Crippen LogP contribution in [0.25, 0.3) is 16.9 Å². The Bertz CT molecular complexity index is 800. The van der Waals surface area contributed by atoms with E-state index >= 15 is 0 Å². The number of imidazole rings is 1. The second-order valence-electron chi connectivity index (χ2n) is 6.27. The van der Waals surface area contributed by atoms with Crippen molar-refractivity contribution in [1.29, 1.82) is 0 Å². The molecule has 0 bridgehead atoms. The van der Waals surface area contributed by atoms with Gasteiger partial charge in [0.25, 0.3) is 0 Å². The highest BCUT2D eigenvalue weighted by atomic mass is 79.9. The number of fused-ring (bicyclic) bond motifs is 1. The van der Waals surface area contributed by atoms with E-state index in [2.05, 4.69) is 58.7 Å². The summed E-state index contributed by atoms with van der Waals surface area (Å²) in [6.07, 6.45) is 4.56. The Morgan fingerprint density at radius 2 is 1.81 bits per heavy atom. The molecule has 0 atom stereocenters. The Morgan fingerprint density at radius 1 is 1.08 bits per heavy atom. The fourth-order valence-electron chi connectivity index (χ4n) is 3.30. The van der Waals surface area contributed by atoms with Gasteiger partial charge in [-0.15, -0.1) is 0 Å². The van der Waals surface area contributed by atoms with Crippen LogP contribution in [0.5, 0.6) is 5.75 Å². The van der Waals surface area contributed by atoms with Gasteiger partial charge in [-0.3, -0.25) is 0 Å². The molecule has 0 spiro atoms. The number of rotatable bonds is 4. The zero-order valence-electron chi connectivity index (χ0n) is 15.1. The van der Waals surface area contributed by atoms with Crippen molar-refractivity contribution in [2.24, 2.45) is 0 Å². The minimum Gasteiger partial charge on any atom is -1.00 e. The van der Waals surface area contributed by atoms with Crippen LogP contribution in [0.3, 0.4) is 0 Å². The third-order valence-corrected chi connectivity index (χ3v) is 5.91. The predicted octanol–water partition coefficient (Wildman–Crippen LogP) is 1.50. The van der Waals surface area contributed by atoms with E-state index in [0.29, 0.717) is 0 Å². The molecule has 0 saturated carbocycles. The molecule has 0 amide bonds.